The molecule has 0 bridgehead atoms. The van der Waals surface area contributed by atoms with E-state index in [1.165, 1.54) is 37.4 Å². The van der Waals surface area contributed by atoms with Gasteiger partial charge in [-0.05, 0) is 57.2 Å². The van der Waals surface area contributed by atoms with Crippen LogP contribution in [0.4, 0.5) is 14.9 Å². The highest BCUT2D eigenvalue weighted by atomic mass is 35.5. The molecule has 2 aromatic rings. The Bertz CT molecular complexity index is 1280. The Kier molecular flexibility index (Phi) is 6.05. The molecule has 35 heavy (non-hydrogen) atoms. The molecule has 2 aromatic carbocycles. The maximum Gasteiger partial charge on any atom is 0.328 e. The van der Waals surface area contributed by atoms with E-state index in [4.69, 9.17) is 27.9 Å². The SMILES string of the molecule is CN1C(=O)N(Cc2cc(Cl)ccc2F)C(=O)C12C(=O)N(CC(=O)OC(C)(C)C)c1ccc(Cl)cc12. The van der Waals surface area contributed by atoms with Gasteiger partial charge in [0.25, 0.3) is 11.8 Å². The Labute approximate surface area is 211 Å². The first-order valence-electron chi connectivity index (χ1n) is 10.6. The van der Waals surface area contributed by atoms with Crippen molar-refractivity contribution < 1.29 is 28.3 Å². The predicted molar refractivity (Wildman–Crippen MR) is 126 cm³/mol. The molecule has 0 saturated carbocycles. The predicted octanol–water partition coefficient (Wildman–Crippen LogP) is 4.11. The van der Waals surface area contributed by atoms with E-state index in [9.17, 15) is 23.6 Å². The largest absolute Gasteiger partial charge is 0.459 e. The van der Waals surface area contributed by atoms with Crippen LogP contribution in [0.1, 0.15) is 31.9 Å². The molecule has 0 aliphatic carbocycles. The molecule has 8 nitrogen and oxygen atoms in total. The second kappa shape index (κ2) is 8.49. The number of carbonyl (C=O) groups is 4. The number of urea groups is 1. The summed E-state index contributed by atoms with van der Waals surface area (Å²) in [5, 5.41) is 0.448. The number of hydrogen-bond donors (Lipinski definition) is 0. The van der Waals surface area contributed by atoms with Crippen LogP contribution in [0.3, 0.4) is 0 Å². The fraction of sp³-hybridized carbons (Fsp3) is 0.333. The van der Waals surface area contributed by atoms with Crippen molar-refractivity contribution in [1.29, 1.82) is 0 Å². The molecule has 0 N–H and O–H groups in total. The van der Waals surface area contributed by atoms with Gasteiger partial charge in [-0.2, -0.15) is 0 Å². The van der Waals surface area contributed by atoms with E-state index in [0.29, 0.717) is 0 Å². The van der Waals surface area contributed by atoms with E-state index in [0.717, 1.165) is 20.8 Å². The quantitative estimate of drug-likeness (QED) is 0.343. The van der Waals surface area contributed by atoms with Gasteiger partial charge in [-0.15, -0.1) is 0 Å². The number of rotatable bonds is 4. The summed E-state index contributed by atoms with van der Waals surface area (Å²) in [4.78, 5) is 56.3. The van der Waals surface area contributed by atoms with Gasteiger partial charge in [0.1, 0.15) is 18.0 Å². The van der Waals surface area contributed by atoms with Crippen molar-refractivity contribution >= 4 is 52.7 Å². The summed E-state index contributed by atoms with van der Waals surface area (Å²) < 4.78 is 19.7. The van der Waals surface area contributed by atoms with Crippen LogP contribution in [0, 0.1) is 5.82 Å². The average Bonchev–Trinajstić information content (AvgIpc) is 3.09. The molecule has 1 saturated heterocycles. The molecule has 2 heterocycles. The van der Waals surface area contributed by atoms with Crippen LogP contribution in [0.25, 0.3) is 0 Å². The average molecular weight is 522 g/mol. The minimum absolute atomic E-state index is 0.00650. The highest BCUT2D eigenvalue weighted by Crippen LogP contribution is 2.49. The lowest BCUT2D eigenvalue weighted by atomic mass is 9.90. The lowest BCUT2D eigenvalue weighted by molar-refractivity contribution is -0.154. The number of halogens is 3. The monoisotopic (exact) mass is 521 g/mol. The van der Waals surface area contributed by atoms with Crippen LogP contribution in [0.15, 0.2) is 36.4 Å². The maximum atomic E-state index is 14.4. The third-order valence-corrected chi connectivity index (χ3v) is 6.28. The third-order valence-electron chi connectivity index (χ3n) is 5.81. The normalized spacial score (nSPS) is 19.7. The molecule has 1 atom stereocenters. The van der Waals surface area contributed by atoms with Crippen LogP contribution in [-0.2, 0) is 31.2 Å². The second-order valence-electron chi connectivity index (χ2n) is 9.32. The van der Waals surface area contributed by atoms with E-state index in [1.54, 1.807) is 20.8 Å². The molecule has 4 rings (SSSR count). The molecule has 2 aliphatic heterocycles. The summed E-state index contributed by atoms with van der Waals surface area (Å²) in [6, 6.07) is 7.38. The topological polar surface area (TPSA) is 87.2 Å². The Hall–Kier alpha value is -3.17. The second-order valence-corrected chi connectivity index (χ2v) is 10.2. The number of carbonyl (C=O) groups excluding carboxylic acids is 4. The molecule has 0 aromatic heterocycles. The summed E-state index contributed by atoms with van der Waals surface area (Å²) in [6.45, 7) is 4.14. The fourth-order valence-electron chi connectivity index (χ4n) is 4.37. The molecule has 1 unspecified atom stereocenters. The van der Waals surface area contributed by atoms with E-state index >= 15 is 0 Å². The highest BCUT2D eigenvalue weighted by Gasteiger charge is 2.67. The third kappa shape index (κ3) is 4.02. The van der Waals surface area contributed by atoms with Gasteiger partial charge < -0.3 is 9.64 Å². The Morgan fingerprint density at radius 3 is 2.26 bits per heavy atom. The lowest BCUT2D eigenvalue weighted by Gasteiger charge is -2.28. The van der Waals surface area contributed by atoms with E-state index in [-0.39, 0.29) is 26.9 Å². The van der Waals surface area contributed by atoms with Crippen LogP contribution < -0.4 is 4.90 Å². The van der Waals surface area contributed by atoms with Gasteiger partial charge in [0.2, 0.25) is 5.54 Å². The van der Waals surface area contributed by atoms with Crippen molar-refractivity contribution in [2.24, 2.45) is 0 Å². The van der Waals surface area contributed by atoms with Gasteiger partial charge in [0.15, 0.2) is 0 Å². The number of imide groups is 1. The summed E-state index contributed by atoms with van der Waals surface area (Å²) in [5.74, 6) is -3.05. The number of amides is 4. The van der Waals surface area contributed by atoms with Crippen LogP contribution in [0.2, 0.25) is 10.0 Å². The number of nitrogens with zero attached hydrogens (tertiary/aromatic N) is 3. The molecule has 2 aliphatic rings. The van der Waals surface area contributed by atoms with Gasteiger partial charge in [0, 0.05) is 28.2 Å². The van der Waals surface area contributed by atoms with E-state index in [1.807, 2.05) is 0 Å². The number of hydrogen-bond acceptors (Lipinski definition) is 5. The smallest absolute Gasteiger partial charge is 0.328 e. The maximum absolute atomic E-state index is 14.4. The summed E-state index contributed by atoms with van der Waals surface area (Å²) in [7, 11) is 1.30. The first kappa shape index (κ1) is 24.9. The molecule has 0 radical (unpaired) electrons. The van der Waals surface area contributed by atoms with E-state index in [2.05, 4.69) is 0 Å². The summed E-state index contributed by atoms with van der Waals surface area (Å²) >= 11 is 12.2. The number of esters is 1. The molecule has 1 fully saturated rings. The molecule has 4 amide bonds. The summed E-state index contributed by atoms with van der Waals surface area (Å²) in [5.41, 5.74) is -2.50. The van der Waals surface area contributed by atoms with Gasteiger partial charge in [-0.1, -0.05) is 23.2 Å². The van der Waals surface area contributed by atoms with Gasteiger partial charge in [0.05, 0.1) is 12.2 Å². The first-order valence-corrected chi connectivity index (χ1v) is 11.4. The van der Waals surface area contributed by atoms with Crippen molar-refractivity contribution in [1.82, 2.24) is 9.80 Å². The van der Waals surface area contributed by atoms with E-state index < -0.39 is 53.9 Å². The van der Waals surface area contributed by atoms with Crippen LogP contribution in [-0.4, -0.2) is 52.8 Å². The lowest BCUT2D eigenvalue weighted by Crippen LogP contribution is -2.53. The molecule has 11 heteroatoms. The van der Waals surface area contributed by atoms with Crippen LogP contribution in [0.5, 0.6) is 0 Å². The zero-order valence-corrected chi connectivity index (χ0v) is 20.9. The standard InChI is InChI=1S/C24H22Cl2FN3O5/c1-23(2,3)35-19(31)12-29-18-8-6-15(26)10-16(18)24(20(29)32)21(33)30(22(34)28(24)4)11-13-9-14(25)5-7-17(13)27/h5-10H,11-12H2,1-4H3. The van der Waals surface area contributed by atoms with Crippen molar-refractivity contribution in [3.05, 3.63) is 63.4 Å². The number of benzene rings is 2. The molecule has 184 valence electrons. The minimum Gasteiger partial charge on any atom is -0.459 e. The van der Waals surface area contributed by atoms with Crippen molar-refractivity contribution in [2.75, 3.05) is 18.5 Å². The number of fused-ring (bicyclic) bond motifs is 2. The van der Waals surface area contributed by atoms with Gasteiger partial charge in [-0.3, -0.25) is 24.2 Å². The minimum atomic E-state index is -2.10. The van der Waals surface area contributed by atoms with Crippen LogP contribution >= 0.6 is 23.2 Å². The summed E-state index contributed by atoms with van der Waals surface area (Å²) in [6.07, 6.45) is 0. The Morgan fingerprint density at radius 1 is 1.00 bits per heavy atom. The Balaban J connectivity index is 1.78. The zero-order chi connectivity index (χ0) is 25.9. The van der Waals surface area contributed by atoms with Gasteiger partial charge in [-0.25, -0.2) is 9.18 Å². The van der Waals surface area contributed by atoms with Gasteiger partial charge >= 0.3 is 12.0 Å². The van der Waals surface area contributed by atoms with Crippen molar-refractivity contribution in [3.63, 3.8) is 0 Å². The number of ether oxygens (including phenoxy) is 1. The van der Waals surface area contributed by atoms with Crippen molar-refractivity contribution in [2.45, 2.75) is 38.5 Å². The first-order chi connectivity index (χ1) is 16.3. The Morgan fingerprint density at radius 2 is 1.60 bits per heavy atom. The zero-order valence-electron chi connectivity index (χ0n) is 19.4. The van der Waals surface area contributed by atoms with Crippen molar-refractivity contribution in [3.8, 4) is 0 Å². The molecular formula is C24H22Cl2FN3O5. The molecular weight excluding hydrogens is 500 g/mol. The molecule has 1 spiro atoms. The number of anilines is 1. The number of likely N-dealkylation sites (N-methyl/N-ethyl adjacent to an activating group) is 1. The fourth-order valence-corrected chi connectivity index (χ4v) is 4.74. The highest BCUT2D eigenvalue weighted by molar-refractivity contribution is 6.32.